The molecule has 0 aromatic carbocycles. The number of carbonyl (C=O) groups excluding carboxylic acids is 2. The third kappa shape index (κ3) is 4.56. The van der Waals surface area contributed by atoms with Gasteiger partial charge in [0.1, 0.15) is 6.10 Å². The van der Waals surface area contributed by atoms with Crippen LogP contribution >= 0.6 is 23.2 Å². The van der Waals surface area contributed by atoms with Crippen LogP contribution in [-0.4, -0.2) is 47.7 Å². The Bertz CT molecular complexity index is 809. The molecule has 0 aromatic heterocycles. The molecule has 0 radical (unpaired) electrons. The predicted octanol–water partition coefficient (Wildman–Crippen LogP) is 6.44. The third-order valence-electron chi connectivity index (χ3n) is 10.5. The van der Waals surface area contributed by atoms with E-state index in [4.69, 9.17) is 27.9 Å². The number of carbonyl (C=O) groups is 2. The summed E-state index contributed by atoms with van der Waals surface area (Å²) in [6.45, 7) is 9.80. The number of fused-ring (bicyclic) bond motifs is 5. The number of allylic oxidation sites excluding steroid dienone is 1. The van der Waals surface area contributed by atoms with E-state index in [2.05, 4.69) is 26.8 Å². The molecule has 192 valence electrons. The first kappa shape index (κ1) is 26.3. The molecule has 1 amide bonds. The summed E-state index contributed by atoms with van der Waals surface area (Å²) in [5.74, 6) is 3.51. The Morgan fingerprint density at radius 2 is 1.79 bits per heavy atom. The van der Waals surface area contributed by atoms with Crippen LogP contribution in [-0.2, 0) is 14.3 Å². The van der Waals surface area contributed by atoms with Gasteiger partial charge in [-0.1, -0.05) is 32.4 Å². The van der Waals surface area contributed by atoms with Gasteiger partial charge in [0.15, 0.2) is 0 Å². The van der Waals surface area contributed by atoms with E-state index in [9.17, 15) is 9.59 Å². The minimum absolute atomic E-state index is 0.0161. The molecule has 8 atom stereocenters. The first-order chi connectivity index (χ1) is 16.2. The summed E-state index contributed by atoms with van der Waals surface area (Å²) in [7, 11) is 0. The van der Waals surface area contributed by atoms with Crippen LogP contribution in [0, 0.1) is 40.4 Å². The standard InChI is InChI=1S/C28H43Cl2NO3/c1-18(26(33)31(15-13-29)16-14-30)23-7-8-24-22-6-5-20-17-21(34-19(2)32)9-11-27(20,3)25(22)10-12-28(23,24)4/h5,18,21-25H,6-17H2,1-4H3/t18-,21+,22-,23+,24-,25-,27-,28+/m0/s1. The van der Waals surface area contributed by atoms with Crippen molar-refractivity contribution < 1.29 is 14.3 Å². The maximum Gasteiger partial charge on any atom is 0.302 e. The van der Waals surface area contributed by atoms with E-state index in [0.29, 0.717) is 48.5 Å². The van der Waals surface area contributed by atoms with E-state index in [1.54, 1.807) is 0 Å². The Labute approximate surface area is 216 Å². The average molecular weight is 513 g/mol. The second kappa shape index (κ2) is 10.3. The molecule has 0 aliphatic heterocycles. The molecule has 4 aliphatic rings. The number of hydrogen-bond acceptors (Lipinski definition) is 3. The smallest absolute Gasteiger partial charge is 0.302 e. The number of ether oxygens (including phenoxy) is 1. The molecule has 0 spiro atoms. The summed E-state index contributed by atoms with van der Waals surface area (Å²) in [6, 6.07) is 0. The maximum absolute atomic E-state index is 13.4. The Morgan fingerprint density at radius 3 is 2.44 bits per heavy atom. The van der Waals surface area contributed by atoms with E-state index < -0.39 is 0 Å². The number of halogens is 2. The molecule has 6 heteroatoms. The first-order valence-electron chi connectivity index (χ1n) is 13.4. The second-order valence-electron chi connectivity index (χ2n) is 12.0. The fraction of sp³-hybridized carbons (Fsp3) is 0.857. The monoisotopic (exact) mass is 511 g/mol. The molecule has 0 heterocycles. The minimum Gasteiger partial charge on any atom is -0.462 e. The molecule has 4 aliphatic carbocycles. The van der Waals surface area contributed by atoms with Crippen LogP contribution in [0.3, 0.4) is 0 Å². The molecule has 0 bridgehead atoms. The van der Waals surface area contributed by atoms with E-state index in [0.717, 1.165) is 32.1 Å². The van der Waals surface area contributed by atoms with Gasteiger partial charge in [-0.2, -0.15) is 0 Å². The zero-order valence-electron chi connectivity index (χ0n) is 21.5. The number of nitrogens with zero attached hydrogens (tertiary/aromatic N) is 1. The van der Waals surface area contributed by atoms with Gasteiger partial charge in [-0.05, 0) is 79.4 Å². The number of amides is 1. The van der Waals surface area contributed by atoms with Crippen molar-refractivity contribution in [1.82, 2.24) is 4.90 Å². The van der Waals surface area contributed by atoms with Gasteiger partial charge in [-0.3, -0.25) is 9.59 Å². The topological polar surface area (TPSA) is 46.6 Å². The van der Waals surface area contributed by atoms with Crippen LogP contribution in [0.1, 0.15) is 79.1 Å². The Morgan fingerprint density at radius 1 is 1.09 bits per heavy atom. The summed E-state index contributed by atoms with van der Waals surface area (Å²) in [5.41, 5.74) is 1.99. The van der Waals surface area contributed by atoms with E-state index >= 15 is 0 Å². The highest BCUT2D eigenvalue weighted by Crippen LogP contribution is 2.67. The average Bonchev–Trinajstić information content (AvgIpc) is 3.15. The van der Waals surface area contributed by atoms with Crippen molar-refractivity contribution in [2.75, 3.05) is 24.8 Å². The molecule has 0 unspecified atom stereocenters. The van der Waals surface area contributed by atoms with Crippen LogP contribution in [0.4, 0.5) is 0 Å². The molecular formula is C28H43Cl2NO3. The summed E-state index contributed by atoms with van der Waals surface area (Å²) >= 11 is 12.0. The third-order valence-corrected chi connectivity index (χ3v) is 10.8. The molecule has 34 heavy (non-hydrogen) atoms. The highest BCUT2D eigenvalue weighted by Gasteiger charge is 2.60. The lowest BCUT2D eigenvalue weighted by molar-refractivity contribution is -0.148. The van der Waals surface area contributed by atoms with Gasteiger partial charge in [0.25, 0.3) is 0 Å². The zero-order valence-corrected chi connectivity index (χ0v) is 23.0. The predicted molar refractivity (Wildman–Crippen MR) is 138 cm³/mol. The van der Waals surface area contributed by atoms with Crippen LogP contribution in [0.5, 0.6) is 0 Å². The summed E-state index contributed by atoms with van der Waals surface area (Å²) in [4.78, 5) is 26.8. The lowest BCUT2D eigenvalue weighted by atomic mass is 9.47. The van der Waals surface area contributed by atoms with Crippen molar-refractivity contribution in [3.63, 3.8) is 0 Å². The largest absolute Gasteiger partial charge is 0.462 e. The quantitative estimate of drug-likeness (QED) is 0.224. The van der Waals surface area contributed by atoms with Gasteiger partial charge in [-0.25, -0.2) is 0 Å². The van der Waals surface area contributed by atoms with Crippen LogP contribution < -0.4 is 0 Å². The van der Waals surface area contributed by atoms with Crippen molar-refractivity contribution in [1.29, 1.82) is 0 Å². The van der Waals surface area contributed by atoms with Gasteiger partial charge in [0, 0.05) is 44.1 Å². The molecule has 4 nitrogen and oxygen atoms in total. The molecule has 0 saturated heterocycles. The first-order valence-corrected chi connectivity index (χ1v) is 14.5. The van der Waals surface area contributed by atoms with Gasteiger partial charge in [0.05, 0.1) is 0 Å². The highest BCUT2D eigenvalue weighted by atomic mass is 35.5. The van der Waals surface area contributed by atoms with Crippen molar-refractivity contribution in [3.05, 3.63) is 11.6 Å². The van der Waals surface area contributed by atoms with Crippen molar-refractivity contribution >= 4 is 35.1 Å². The number of alkyl halides is 2. The van der Waals surface area contributed by atoms with E-state index in [1.807, 2.05) is 4.90 Å². The zero-order chi connectivity index (χ0) is 24.7. The molecular weight excluding hydrogens is 469 g/mol. The van der Waals surface area contributed by atoms with Crippen LogP contribution in [0.2, 0.25) is 0 Å². The number of esters is 1. The van der Waals surface area contributed by atoms with E-state index in [-0.39, 0.29) is 34.7 Å². The fourth-order valence-electron chi connectivity index (χ4n) is 8.82. The van der Waals surface area contributed by atoms with Gasteiger partial charge in [0.2, 0.25) is 5.91 Å². The summed E-state index contributed by atoms with van der Waals surface area (Å²) < 4.78 is 5.59. The number of rotatable bonds is 7. The Balaban J connectivity index is 1.51. The van der Waals surface area contributed by atoms with Gasteiger partial charge >= 0.3 is 5.97 Å². The summed E-state index contributed by atoms with van der Waals surface area (Å²) in [6.07, 6.45) is 11.5. The Kier molecular flexibility index (Phi) is 7.99. The molecule has 4 rings (SSSR count). The van der Waals surface area contributed by atoms with Crippen LogP contribution in [0.25, 0.3) is 0 Å². The lowest BCUT2D eigenvalue weighted by Gasteiger charge is -2.58. The molecule has 3 saturated carbocycles. The maximum atomic E-state index is 13.4. The molecule has 0 N–H and O–H groups in total. The van der Waals surface area contributed by atoms with Crippen LogP contribution in [0.15, 0.2) is 11.6 Å². The highest BCUT2D eigenvalue weighted by molar-refractivity contribution is 6.18. The summed E-state index contributed by atoms with van der Waals surface area (Å²) in [5, 5.41) is 0. The van der Waals surface area contributed by atoms with E-state index in [1.165, 1.54) is 31.8 Å². The van der Waals surface area contributed by atoms with Gasteiger partial charge < -0.3 is 9.64 Å². The van der Waals surface area contributed by atoms with Crippen molar-refractivity contribution in [2.45, 2.75) is 85.2 Å². The Hall–Kier alpha value is -0.740. The number of hydrogen-bond donors (Lipinski definition) is 0. The van der Waals surface area contributed by atoms with Crippen molar-refractivity contribution in [3.8, 4) is 0 Å². The second-order valence-corrected chi connectivity index (χ2v) is 12.7. The van der Waals surface area contributed by atoms with Crippen molar-refractivity contribution in [2.24, 2.45) is 40.4 Å². The minimum atomic E-state index is -0.160. The fourth-order valence-corrected chi connectivity index (χ4v) is 9.23. The lowest BCUT2D eigenvalue weighted by Crippen LogP contribution is -2.52. The normalized spacial score (nSPS) is 39.8. The molecule has 3 fully saturated rings. The van der Waals surface area contributed by atoms with Gasteiger partial charge in [-0.15, -0.1) is 23.2 Å². The SMILES string of the molecule is CC(=O)O[C@@H]1CC[C@@]2(C)C(=CC[C@H]3[C@@H]4CC[C@H]([C@H](C)C(=O)N(CCCl)CCCl)[C@@]4(C)CC[C@@H]32)C1. The molecule has 0 aromatic rings.